The second kappa shape index (κ2) is 4.74. The first-order valence-electron chi connectivity index (χ1n) is 8.09. The van der Waals surface area contributed by atoms with Crippen molar-refractivity contribution in [1.82, 2.24) is 10.6 Å². The van der Waals surface area contributed by atoms with Gasteiger partial charge in [-0.25, -0.2) is 0 Å². The molecule has 3 saturated heterocycles. The smallest absolute Gasteiger partial charge is 0.0473 e. The maximum atomic E-state index is 3.65. The van der Waals surface area contributed by atoms with Crippen molar-refractivity contribution >= 4 is 5.69 Å². The molecule has 0 bridgehead atoms. The van der Waals surface area contributed by atoms with Gasteiger partial charge in [-0.3, -0.25) is 0 Å². The van der Waals surface area contributed by atoms with Gasteiger partial charge in [-0.05, 0) is 50.9 Å². The Balaban J connectivity index is 1.78. The van der Waals surface area contributed by atoms with Crippen molar-refractivity contribution in [2.75, 3.05) is 31.1 Å². The number of anilines is 1. The molecule has 3 aliphatic heterocycles. The zero-order chi connectivity index (χ0) is 13.6. The monoisotopic (exact) mass is 271 g/mol. The predicted octanol–water partition coefficient (Wildman–Crippen LogP) is 1.85. The molecule has 3 aliphatic rings. The summed E-state index contributed by atoms with van der Waals surface area (Å²) in [5, 5.41) is 7.21. The molecule has 2 N–H and O–H groups in total. The van der Waals surface area contributed by atoms with E-state index in [0.29, 0.717) is 11.6 Å². The summed E-state index contributed by atoms with van der Waals surface area (Å²) in [5.74, 6) is 1.63. The van der Waals surface area contributed by atoms with Crippen molar-refractivity contribution in [3.63, 3.8) is 0 Å². The summed E-state index contributed by atoms with van der Waals surface area (Å²) in [6.07, 6.45) is 2.57. The Bertz CT molecular complexity index is 466. The van der Waals surface area contributed by atoms with Gasteiger partial charge in [0.15, 0.2) is 0 Å². The third-order valence-electron chi connectivity index (χ3n) is 5.96. The average molecular weight is 271 g/mol. The van der Waals surface area contributed by atoms with Crippen molar-refractivity contribution in [2.24, 2.45) is 11.8 Å². The van der Waals surface area contributed by atoms with Crippen LogP contribution in [0.3, 0.4) is 0 Å². The van der Waals surface area contributed by atoms with E-state index < -0.39 is 0 Å². The number of hydrogen-bond acceptors (Lipinski definition) is 3. The summed E-state index contributed by atoms with van der Waals surface area (Å²) >= 11 is 0. The SMILES string of the molecule is CC1C2CNCC2C2(CCNCC2)N1c1ccccc1. The highest BCUT2D eigenvalue weighted by Gasteiger charge is 2.58. The number of nitrogens with one attached hydrogen (secondary N) is 2. The minimum atomic E-state index is 0.375. The topological polar surface area (TPSA) is 27.3 Å². The van der Waals surface area contributed by atoms with E-state index in [-0.39, 0.29) is 0 Å². The van der Waals surface area contributed by atoms with Crippen LogP contribution in [0.1, 0.15) is 19.8 Å². The molecule has 1 aromatic carbocycles. The molecule has 0 aromatic heterocycles. The van der Waals surface area contributed by atoms with Gasteiger partial charge in [0.25, 0.3) is 0 Å². The molecule has 3 fully saturated rings. The number of piperidine rings is 1. The summed E-state index contributed by atoms with van der Waals surface area (Å²) in [6, 6.07) is 11.7. The van der Waals surface area contributed by atoms with E-state index in [0.717, 1.165) is 11.8 Å². The number of nitrogens with zero attached hydrogens (tertiary/aromatic N) is 1. The van der Waals surface area contributed by atoms with Gasteiger partial charge in [0.1, 0.15) is 0 Å². The van der Waals surface area contributed by atoms with Gasteiger partial charge in [-0.1, -0.05) is 18.2 Å². The summed E-state index contributed by atoms with van der Waals surface area (Å²) in [7, 11) is 0. The van der Waals surface area contributed by atoms with E-state index in [1.807, 2.05) is 0 Å². The summed E-state index contributed by atoms with van der Waals surface area (Å²) in [6.45, 7) is 7.18. The second-order valence-electron chi connectivity index (χ2n) is 6.73. The van der Waals surface area contributed by atoms with Crippen LogP contribution in [-0.2, 0) is 0 Å². The number of fused-ring (bicyclic) bond motifs is 2. The molecule has 0 aliphatic carbocycles. The number of hydrogen-bond donors (Lipinski definition) is 2. The standard InChI is InChI=1S/C17H25N3/c1-13-15-11-19-12-16(15)17(7-9-18-10-8-17)20(13)14-5-3-2-4-6-14/h2-6,13,15-16,18-19H,7-12H2,1H3. The van der Waals surface area contributed by atoms with Gasteiger partial charge in [0, 0.05) is 36.3 Å². The average Bonchev–Trinajstić information content (AvgIpc) is 3.06. The molecule has 3 atom stereocenters. The quantitative estimate of drug-likeness (QED) is 0.816. The Morgan fingerprint density at radius 3 is 2.55 bits per heavy atom. The lowest BCUT2D eigenvalue weighted by Gasteiger charge is -2.47. The molecular formula is C17H25N3. The lowest BCUT2D eigenvalue weighted by molar-refractivity contribution is 0.231. The molecule has 20 heavy (non-hydrogen) atoms. The minimum Gasteiger partial charge on any atom is -0.362 e. The van der Waals surface area contributed by atoms with Gasteiger partial charge in [-0.2, -0.15) is 0 Å². The van der Waals surface area contributed by atoms with E-state index in [9.17, 15) is 0 Å². The summed E-state index contributed by atoms with van der Waals surface area (Å²) < 4.78 is 0. The Labute approximate surface area is 121 Å². The second-order valence-corrected chi connectivity index (χ2v) is 6.73. The van der Waals surface area contributed by atoms with Gasteiger partial charge in [0.2, 0.25) is 0 Å². The molecule has 4 rings (SSSR count). The van der Waals surface area contributed by atoms with Crippen LogP contribution in [0.25, 0.3) is 0 Å². The molecule has 0 amide bonds. The Morgan fingerprint density at radius 2 is 1.80 bits per heavy atom. The minimum absolute atomic E-state index is 0.375. The molecule has 3 unspecified atom stereocenters. The summed E-state index contributed by atoms with van der Waals surface area (Å²) in [4.78, 5) is 2.78. The van der Waals surface area contributed by atoms with Crippen molar-refractivity contribution in [3.05, 3.63) is 30.3 Å². The van der Waals surface area contributed by atoms with Crippen molar-refractivity contribution in [2.45, 2.75) is 31.3 Å². The lowest BCUT2D eigenvalue weighted by Crippen LogP contribution is -2.57. The highest BCUT2D eigenvalue weighted by Crippen LogP contribution is 2.51. The zero-order valence-corrected chi connectivity index (χ0v) is 12.3. The molecule has 1 aromatic rings. The fourth-order valence-electron chi connectivity index (χ4n) is 5.12. The molecule has 3 heteroatoms. The first-order chi connectivity index (χ1) is 9.83. The highest BCUT2D eigenvalue weighted by atomic mass is 15.3. The fourth-order valence-corrected chi connectivity index (χ4v) is 5.12. The first kappa shape index (κ1) is 12.7. The van der Waals surface area contributed by atoms with Crippen LogP contribution in [0, 0.1) is 11.8 Å². The van der Waals surface area contributed by atoms with E-state index >= 15 is 0 Å². The van der Waals surface area contributed by atoms with Crippen molar-refractivity contribution in [3.8, 4) is 0 Å². The number of rotatable bonds is 1. The van der Waals surface area contributed by atoms with E-state index in [1.54, 1.807) is 0 Å². The van der Waals surface area contributed by atoms with Crippen LogP contribution in [0.15, 0.2) is 30.3 Å². The van der Waals surface area contributed by atoms with E-state index in [2.05, 4.69) is 52.8 Å². The summed E-state index contributed by atoms with van der Waals surface area (Å²) in [5.41, 5.74) is 1.80. The maximum absolute atomic E-state index is 3.65. The molecule has 0 radical (unpaired) electrons. The van der Waals surface area contributed by atoms with Crippen LogP contribution >= 0.6 is 0 Å². The van der Waals surface area contributed by atoms with E-state index in [1.165, 1.54) is 44.7 Å². The lowest BCUT2D eigenvalue weighted by atomic mass is 9.75. The van der Waals surface area contributed by atoms with Crippen molar-refractivity contribution in [1.29, 1.82) is 0 Å². The molecular weight excluding hydrogens is 246 g/mol. The third-order valence-corrected chi connectivity index (χ3v) is 5.96. The van der Waals surface area contributed by atoms with Crippen molar-refractivity contribution < 1.29 is 0 Å². The Morgan fingerprint density at radius 1 is 1.05 bits per heavy atom. The molecule has 108 valence electrons. The Kier molecular flexibility index (Phi) is 3.00. The zero-order valence-electron chi connectivity index (χ0n) is 12.3. The maximum Gasteiger partial charge on any atom is 0.0473 e. The van der Waals surface area contributed by atoms with Crippen LogP contribution < -0.4 is 15.5 Å². The van der Waals surface area contributed by atoms with Crippen LogP contribution in [-0.4, -0.2) is 37.8 Å². The molecule has 3 nitrogen and oxygen atoms in total. The van der Waals surface area contributed by atoms with Gasteiger partial charge in [0.05, 0.1) is 0 Å². The van der Waals surface area contributed by atoms with Crippen LogP contribution in [0.4, 0.5) is 5.69 Å². The van der Waals surface area contributed by atoms with E-state index in [4.69, 9.17) is 0 Å². The number of para-hydroxylation sites is 1. The third kappa shape index (κ3) is 1.66. The Hall–Kier alpha value is -1.06. The molecule has 3 heterocycles. The normalized spacial score (nSPS) is 35.5. The van der Waals surface area contributed by atoms with Crippen LogP contribution in [0.2, 0.25) is 0 Å². The first-order valence-corrected chi connectivity index (χ1v) is 8.09. The molecule has 0 saturated carbocycles. The van der Waals surface area contributed by atoms with Gasteiger partial charge >= 0.3 is 0 Å². The molecule has 1 spiro atoms. The fraction of sp³-hybridized carbons (Fsp3) is 0.647. The van der Waals surface area contributed by atoms with Crippen LogP contribution in [0.5, 0.6) is 0 Å². The number of benzene rings is 1. The van der Waals surface area contributed by atoms with Gasteiger partial charge < -0.3 is 15.5 Å². The largest absolute Gasteiger partial charge is 0.362 e. The highest BCUT2D eigenvalue weighted by molar-refractivity contribution is 5.53. The predicted molar refractivity (Wildman–Crippen MR) is 83.1 cm³/mol. The van der Waals surface area contributed by atoms with Gasteiger partial charge in [-0.15, -0.1) is 0 Å².